The third-order valence-electron chi connectivity index (χ3n) is 4.40. The molecule has 0 saturated heterocycles. The van der Waals surface area contributed by atoms with Crippen LogP contribution in [-0.2, 0) is 0 Å². The summed E-state index contributed by atoms with van der Waals surface area (Å²) < 4.78 is 14.2. The predicted octanol–water partition coefficient (Wildman–Crippen LogP) is 4.91. The average molecular weight is 425 g/mol. The number of thiol groups is 1. The third kappa shape index (κ3) is 5.30. The molecule has 1 atom stereocenters. The first-order valence-electron chi connectivity index (χ1n) is 9.09. The molecular weight excluding hydrogens is 405 g/mol. The van der Waals surface area contributed by atoms with Crippen molar-refractivity contribution in [1.82, 2.24) is 5.32 Å². The molecule has 0 aromatic heterocycles. The van der Waals surface area contributed by atoms with Gasteiger partial charge in [-0.25, -0.2) is 13.5 Å². The van der Waals surface area contributed by atoms with Gasteiger partial charge >= 0.3 is 6.03 Å². The topological polar surface area (TPSA) is 81.7 Å². The summed E-state index contributed by atoms with van der Waals surface area (Å²) in [5.41, 5.74) is 2.21. The molecule has 0 saturated carbocycles. The molecule has 0 spiro atoms. The normalized spacial score (nSPS) is 11.4. The molecule has 3 rings (SSSR count). The summed E-state index contributed by atoms with van der Waals surface area (Å²) in [6.07, 6.45) is 0. The monoisotopic (exact) mass is 425 g/mol. The zero-order chi connectivity index (χ0) is 21.7. The molecule has 3 aromatic rings. The fourth-order valence-corrected chi connectivity index (χ4v) is 2.89. The summed E-state index contributed by atoms with van der Waals surface area (Å²) in [5, 5.41) is 14.8. The second kappa shape index (κ2) is 9.32. The molecule has 0 radical (unpaired) electrons. The fourth-order valence-electron chi connectivity index (χ4n) is 2.70. The highest BCUT2D eigenvalue weighted by atomic mass is 32.1. The number of nitrogens with one attached hydrogen (secondary N) is 2. The maximum Gasteiger partial charge on any atom is 0.332 e. The lowest BCUT2D eigenvalue weighted by molar-refractivity contribution is 0.102. The minimum atomic E-state index is -0.448. The molecule has 0 fully saturated rings. The van der Waals surface area contributed by atoms with Crippen LogP contribution in [-0.4, -0.2) is 17.0 Å². The van der Waals surface area contributed by atoms with Gasteiger partial charge in [0.2, 0.25) is 0 Å². The van der Waals surface area contributed by atoms with Crippen molar-refractivity contribution in [2.75, 3.05) is 9.62 Å². The molecule has 3 aromatic carbocycles. The number of carbonyl (C=O) groups excluding carboxylic acids is 2. The van der Waals surface area contributed by atoms with E-state index in [-0.39, 0.29) is 23.5 Å². The summed E-state index contributed by atoms with van der Waals surface area (Å²) in [5.74, 6) is -0.584. The van der Waals surface area contributed by atoms with Crippen LogP contribution < -0.4 is 14.9 Å². The minimum Gasteiger partial charge on any atom is -0.508 e. The number of aromatic hydroxyl groups is 1. The molecule has 30 heavy (non-hydrogen) atoms. The molecule has 3 amide bonds. The number of amides is 3. The lowest BCUT2D eigenvalue weighted by Crippen LogP contribution is -2.35. The third-order valence-corrected chi connectivity index (χ3v) is 4.81. The highest BCUT2D eigenvalue weighted by Gasteiger charge is 2.16. The predicted molar refractivity (Wildman–Crippen MR) is 117 cm³/mol. The van der Waals surface area contributed by atoms with E-state index in [0.29, 0.717) is 16.9 Å². The second-order valence-electron chi connectivity index (χ2n) is 6.58. The SMILES string of the molecule is CC(NC(=O)N(S)c1ccc(NC(=O)c2ccc(O)cc2)cc1)c1ccc(F)cc1. The van der Waals surface area contributed by atoms with Crippen LogP contribution in [0.3, 0.4) is 0 Å². The molecule has 3 N–H and O–H groups in total. The number of nitrogens with zero attached hydrogens (tertiary/aromatic N) is 1. The Hall–Kier alpha value is -3.52. The lowest BCUT2D eigenvalue weighted by atomic mass is 10.1. The van der Waals surface area contributed by atoms with E-state index in [1.54, 1.807) is 43.3 Å². The molecule has 154 valence electrons. The van der Waals surface area contributed by atoms with Gasteiger partial charge in [-0.2, -0.15) is 0 Å². The van der Waals surface area contributed by atoms with Gasteiger partial charge in [0.25, 0.3) is 5.91 Å². The maximum absolute atomic E-state index is 13.0. The van der Waals surface area contributed by atoms with E-state index in [1.807, 2.05) is 0 Å². The van der Waals surface area contributed by atoms with Gasteiger partial charge in [0.1, 0.15) is 11.6 Å². The molecule has 0 heterocycles. The zero-order valence-corrected chi connectivity index (χ0v) is 16.9. The number of hydrogen-bond donors (Lipinski definition) is 4. The molecule has 6 nitrogen and oxygen atoms in total. The van der Waals surface area contributed by atoms with Crippen molar-refractivity contribution in [1.29, 1.82) is 0 Å². The van der Waals surface area contributed by atoms with Gasteiger partial charge in [-0.1, -0.05) is 24.9 Å². The van der Waals surface area contributed by atoms with Crippen LogP contribution in [0.1, 0.15) is 28.9 Å². The van der Waals surface area contributed by atoms with Gasteiger partial charge in [-0.05, 0) is 73.2 Å². The first-order valence-corrected chi connectivity index (χ1v) is 9.49. The Kier molecular flexibility index (Phi) is 6.58. The van der Waals surface area contributed by atoms with Gasteiger partial charge in [0.05, 0.1) is 11.7 Å². The first kappa shape index (κ1) is 21.2. The molecule has 0 aliphatic heterocycles. The Labute approximate surface area is 178 Å². The van der Waals surface area contributed by atoms with Gasteiger partial charge in [0.15, 0.2) is 0 Å². The average Bonchev–Trinajstić information content (AvgIpc) is 2.74. The number of rotatable bonds is 5. The van der Waals surface area contributed by atoms with Crippen LogP contribution in [0.2, 0.25) is 0 Å². The number of urea groups is 1. The molecular formula is C22H20FN3O3S. The fraction of sp³-hybridized carbons (Fsp3) is 0.0909. The number of phenolic OH excluding ortho intramolecular Hbond substituents is 1. The number of phenols is 1. The highest BCUT2D eigenvalue weighted by molar-refractivity contribution is 7.82. The van der Waals surface area contributed by atoms with E-state index in [9.17, 15) is 19.1 Å². The van der Waals surface area contributed by atoms with Crippen LogP contribution in [0.25, 0.3) is 0 Å². The summed E-state index contributed by atoms with van der Waals surface area (Å²) in [6, 6.07) is 17.6. The van der Waals surface area contributed by atoms with Crippen molar-refractivity contribution >= 4 is 36.1 Å². The van der Waals surface area contributed by atoms with Crippen LogP contribution >= 0.6 is 12.8 Å². The van der Waals surface area contributed by atoms with Crippen LogP contribution in [0.5, 0.6) is 5.75 Å². The maximum atomic E-state index is 13.0. The van der Waals surface area contributed by atoms with Crippen molar-refractivity contribution in [3.8, 4) is 5.75 Å². The van der Waals surface area contributed by atoms with E-state index >= 15 is 0 Å². The van der Waals surface area contributed by atoms with Crippen molar-refractivity contribution in [2.24, 2.45) is 0 Å². The number of halogens is 1. The van der Waals surface area contributed by atoms with Crippen molar-refractivity contribution in [3.05, 3.63) is 89.7 Å². The second-order valence-corrected chi connectivity index (χ2v) is 6.98. The van der Waals surface area contributed by atoms with E-state index in [4.69, 9.17) is 0 Å². The Balaban J connectivity index is 1.60. The Morgan fingerprint density at radius 1 is 0.967 bits per heavy atom. The molecule has 0 aliphatic rings. The Bertz CT molecular complexity index is 1030. The lowest BCUT2D eigenvalue weighted by Gasteiger charge is -2.21. The Morgan fingerprint density at radius 3 is 2.17 bits per heavy atom. The van der Waals surface area contributed by atoms with Crippen molar-refractivity contribution in [2.45, 2.75) is 13.0 Å². The summed E-state index contributed by atoms with van der Waals surface area (Å²) in [4.78, 5) is 24.7. The van der Waals surface area contributed by atoms with Gasteiger partial charge in [0, 0.05) is 11.3 Å². The van der Waals surface area contributed by atoms with Gasteiger partial charge in [-0.3, -0.25) is 4.79 Å². The highest BCUT2D eigenvalue weighted by Crippen LogP contribution is 2.22. The van der Waals surface area contributed by atoms with Crippen LogP contribution in [0.4, 0.5) is 20.6 Å². The Morgan fingerprint density at radius 2 is 1.57 bits per heavy atom. The molecule has 0 bridgehead atoms. The number of hydrogen-bond acceptors (Lipinski definition) is 4. The van der Waals surface area contributed by atoms with Gasteiger partial charge < -0.3 is 15.7 Å². The van der Waals surface area contributed by atoms with Crippen LogP contribution in [0.15, 0.2) is 72.8 Å². The largest absolute Gasteiger partial charge is 0.508 e. The summed E-state index contributed by atoms with van der Waals surface area (Å²) in [6.45, 7) is 1.79. The first-order chi connectivity index (χ1) is 14.3. The van der Waals surface area contributed by atoms with E-state index in [1.165, 1.54) is 36.4 Å². The standard InChI is InChI=1S/C22H20FN3O3S/c1-14(15-2-6-17(23)7-3-15)24-22(29)26(30)19-10-8-18(9-11-19)25-21(28)16-4-12-20(27)13-5-16/h2-14,27,30H,1H3,(H,24,29)(H,25,28). The minimum absolute atomic E-state index is 0.0804. The van der Waals surface area contributed by atoms with Crippen LogP contribution in [0, 0.1) is 5.82 Å². The number of benzene rings is 3. The smallest absolute Gasteiger partial charge is 0.332 e. The summed E-state index contributed by atoms with van der Waals surface area (Å²) >= 11 is 4.24. The number of carbonyl (C=O) groups is 2. The van der Waals surface area contributed by atoms with E-state index < -0.39 is 6.03 Å². The van der Waals surface area contributed by atoms with E-state index in [2.05, 4.69) is 23.4 Å². The quantitative estimate of drug-likeness (QED) is 0.439. The summed E-state index contributed by atoms with van der Waals surface area (Å²) in [7, 11) is 0. The van der Waals surface area contributed by atoms with E-state index in [0.717, 1.165) is 9.87 Å². The van der Waals surface area contributed by atoms with Gasteiger partial charge in [-0.15, -0.1) is 0 Å². The van der Waals surface area contributed by atoms with Crippen molar-refractivity contribution in [3.63, 3.8) is 0 Å². The van der Waals surface area contributed by atoms with Crippen molar-refractivity contribution < 1.29 is 19.1 Å². The molecule has 1 unspecified atom stereocenters. The zero-order valence-electron chi connectivity index (χ0n) is 16.0. The number of anilines is 2. The molecule has 0 aliphatic carbocycles. The molecule has 8 heteroatoms.